The topological polar surface area (TPSA) is 104 Å². The summed E-state index contributed by atoms with van der Waals surface area (Å²) in [4.78, 5) is 24.8. The van der Waals surface area contributed by atoms with E-state index in [1.165, 1.54) is 24.3 Å². The summed E-state index contributed by atoms with van der Waals surface area (Å²) in [6.45, 7) is 5.87. The number of carbonyl (C=O) groups excluding carboxylic acids is 2. The van der Waals surface area contributed by atoms with Crippen molar-refractivity contribution in [2.75, 3.05) is 17.6 Å². The number of hydrogen-bond acceptors (Lipinski definition) is 6. The number of rotatable bonds is 6. The second-order valence-electron chi connectivity index (χ2n) is 9.04. The number of sulfone groups is 1. The van der Waals surface area contributed by atoms with Crippen molar-refractivity contribution in [1.29, 1.82) is 0 Å². The van der Waals surface area contributed by atoms with Gasteiger partial charge in [0, 0.05) is 12.2 Å². The average molecular weight is 530 g/mol. The predicted octanol–water partition coefficient (Wildman–Crippen LogP) is 3.52. The standard InChI is InChI=1S/C23H26F3N3O4S2/c1-22(2,3)14-7-9-17(10-8-14)35(32,33)18-12-27-21(29-20(18)31)34-13-19(30)28-16-6-4-5-15(11-16)23(24,25)26/h4-11,18,21,27H,12-13H2,1-3H3,(H,28,30)(H,29,31). The lowest BCUT2D eigenvalue weighted by Crippen LogP contribution is -2.59. The zero-order valence-electron chi connectivity index (χ0n) is 19.3. The van der Waals surface area contributed by atoms with Crippen molar-refractivity contribution in [2.24, 2.45) is 0 Å². The van der Waals surface area contributed by atoms with E-state index >= 15 is 0 Å². The van der Waals surface area contributed by atoms with Gasteiger partial charge >= 0.3 is 6.18 Å². The van der Waals surface area contributed by atoms with E-state index in [1.54, 1.807) is 12.1 Å². The van der Waals surface area contributed by atoms with Gasteiger partial charge in [0.1, 0.15) is 5.50 Å². The fourth-order valence-electron chi connectivity index (χ4n) is 3.37. The Morgan fingerprint density at radius 2 is 1.74 bits per heavy atom. The number of halogens is 3. The van der Waals surface area contributed by atoms with Gasteiger partial charge in [0.05, 0.1) is 16.2 Å². The lowest BCUT2D eigenvalue weighted by atomic mass is 9.87. The normalized spacial score (nSPS) is 19.2. The molecule has 0 saturated carbocycles. The summed E-state index contributed by atoms with van der Waals surface area (Å²) in [6.07, 6.45) is -4.53. The van der Waals surface area contributed by atoms with E-state index in [9.17, 15) is 31.2 Å². The van der Waals surface area contributed by atoms with Crippen molar-refractivity contribution < 1.29 is 31.2 Å². The van der Waals surface area contributed by atoms with Gasteiger partial charge in [-0.1, -0.05) is 39.0 Å². The Morgan fingerprint density at radius 3 is 2.31 bits per heavy atom. The van der Waals surface area contributed by atoms with Gasteiger partial charge in [-0.2, -0.15) is 13.2 Å². The monoisotopic (exact) mass is 529 g/mol. The highest BCUT2D eigenvalue weighted by molar-refractivity contribution is 8.00. The molecule has 2 aromatic rings. The highest BCUT2D eigenvalue weighted by Crippen LogP contribution is 2.31. The smallest absolute Gasteiger partial charge is 0.331 e. The van der Waals surface area contributed by atoms with Crippen molar-refractivity contribution >= 4 is 39.1 Å². The van der Waals surface area contributed by atoms with Crippen molar-refractivity contribution in [3.63, 3.8) is 0 Å². The highest BCUT2D eigenvalue weighted by atomic mass is 32.2. The van der Waals surface area contributed by atoms with Crippen LogP contribution < -0.4 is 16.0 Å². The summed E-state index contributed by atoms with van der Waals surface area (Å²) in [6, 6.07) is 10.7. The zero-order chi connectivity index (χ0) is 26.0. The number of benzene rings is 2. The molecule has 1 heterocycles. The van der Waals surface area contributed by atoms with Crippen LogP contribution in [-0.4, -0.2) is 43.3 Å². The van der Waals surface area contributed by atoms with E-state index in [1.807, 2.05) is 20.8 Å². The van der Waals surface area contributed by atoms with Gasteiger partial charge in [-0.15, -0.1) is 11.8 Å². The predicted molar refractivity (Wildman–Crippen MR) is 129 cm³/mol. The molecular formula is C23H26F3N3O4S2. The Hall–Kier alpha value is -2.57. The van der Waals surface area contributed by atoms with Crippen molar-refractivity contribution in [1.82, 2.24) is 10.6 Å². The van der Waals surface area contributed by atoms with Crippen molar-refractivity contribution in [3.8, 4) is 0 Å². The van der Waals surface area contributed by atoms with Crippen molar-refractivity contribution in [3.05, 3.63) is 59.7 Å². The summed E-state index contributed by atoms with van der Waals surface area (Å²) >= 11 is 0.979. The lowest BCUT2D eigenvalue weighted by Gasteiger charge is -2.29. The van der Waals surface area contributed by atoms with Crippen LogP contribution >= 0.6 is 11.8 Å². The molecule has 0 aromatic heterocycles. The van der Waals surface area contributed by atoms with E-state index in [0.717, 1.165) is 29.5 Å². The number of thioether (sulfide) groups is 1. The van der Waals surface area contributed by atoms with Crippen LogP contribution in [0.25, 0.3) is 0 Å². The molecule has 2 atom stereocenters. The molecule has 3 N–H and O–H groups in total. The summed E-state index contributed by atoms with van der Waals surface area (Å²) < 4.78 is 64.4. The summed E-state index contributed by atoms with van der Waals surface area (Å²) in [5, 5.41) is 6.46. The number of carbonyl (C=O) groups is 2. The van der Waals surface area contributed by atoms with Crippen LogP contribution in [0.2, 0.25) is 0 Å². The van der Waals surface area contributed by atoms with Gasteiger partial charge in [0.25, 0.3) is 0 Å². The molecule has 2 amide bonds. The minimum absolute atomic E-state index is 0.00491. The maximum atomic E-state index is 13.0. The van der Waals surface area contributed by atoms with Gasteiger partial charge in [0.2, 0.25) is 11.8 Å². The first kappa shape index (κ1) is 27.0. The molecule has 0 spiro atoms. The SMILES string of the molecule is CC(C)(C)c1ccc(S(=O)(=O)C2CNC(SCC(=O)Nc3cccc(C(F)(F)F)c3)NC2=O)cc1. The number of hydrogen-bond donors (Lipinski definition) is 3. The fourth-order valence-corrected chi connectivity index (χ4v) is 5.68. The Balaban J connectivity index is 1.55. The largest absolute Gasteiger partial charge is 0.416 e. The van der Waals surface area contributed by atoms with E-state index in [4.69, 9.17) is 0 Å². The second-order valence-corrected chi connectivity index (χ2v) is 12.3. The fraction of sp³-hybridized carbons (Fsp3) is 0.391. The first-order valence-corrected chi connectivity index (χ1v) is 13.2. The Bertz CT molecular complexity index is 1190. The minimum Gasteiger partial charge on any atom is -0.331 e. The second kappa shape index (κ2) is 10.2. The average Bonchev–Trinajstić information content (AvgIpc) is 2.76. The summed E-state index contributed by atoms with van der Waals surface area (Å²) in [5.74, 6) is -1.45. The molecule has 2 aromatic carbocycles. The molecule has 1 fully saturated rings. The summed E-state index contributed by atoms with van der Waals surface area (Å²) in [7, 11) is -3.94. The van der Waals surface area contributed by atoms with E-state index in [-0.39, 0.29) is 28.3 Å². The van der Waals surface area contributed by atoms with Crippen LogP contribution in [0.3, 0.4) is 0 Å². The van der Waals surface area contributed by atoms with Crippen LogP contribution in [0.15, 0.2) is 53.4 Å². The van der Waals surface area contributed by atoms with E-state index in [2.05, 4.69) is 16.0 Å². The first-order chi connectivity index (χ1) is 16.2. The molecule has 1 aliphatic rings. The molecule has 190 valence electrons. The number of nitrogens with one attached hydrogen (secondary N) is 3. The van der Waals surface area contributed by atoms with Crippen LogP contribution in [0.5, 0.6) is 0 Å². The number of amides is 2. The molecule has 0 aliphatic carbocycles. The quantitative estimate of drug-likeness (QED) is 0.529. The maximum Gasteiger partial charge on any atom is 0.416 e. The Kier molecular flexibility index (Phi) is 7.87. The lowest BCUT2D eigenvalue weighted by molar-refractivity contribution is -0.137. The first-order valence-electron chi connectivity index (χ1n) is 10.6. The van der Waals surface area contributed by atoms with Gasteiger partial charge in [0.15, 0.2) is 15.1 Å². The molecule has 0 bridgehead atoms. The molecule has 35 heavy (non-hydrogen) atoms. The van der Waals surface area contributed by atoms with Gasteiger partial charge < -0.3 is 10.6 Å². The molecule has 7 nitrogen and oxygen atoms in total. The molecule has 12 heteroatoms. The van der Waals surface area contributed by atoms with E-state index < -0.39 is 44.1 Å². The third-order valence-corrected chi connectivity index (χ3v) is 8.44. The van der Waals surface area contributed by atoms with Crippen LogP contribution in [-0.2, 0) is 31.0 Å². The third-order valence-electron chi connectivity index (χ3n) is 5.33. The minimum atomic E-state index is -4.53. The zero-order valence-corrected chi connectivity index (χ0v) is 20.9. The summed E-state index contributed by atoms with van der Waals surface area (Å²) in [5.41, 5.74) is -0.810. The highest BCUT2D eigenvalue weighted by Gasteiger charge is 2.38. The van der Waals surface area contributed by atoms with Crippen LogP contribution in [0.1, 0.15) is 31.9 Å². The number of alkyl halides is 3. The van der Waals surface area contributed by atoms with Gasteiger partial charge in [-0.3, -0.25) is 14.9 Å². The molecular weight excluding hydrogens is 503 g/mol. The molecule has 2 unspecified atom stereocenters. The van der Waals surface area contributed by atoms with E-state index in [0.29, 0.717) is 0 Å². The van der Waals surface area contributed by atoms with Crippen LogP contribution in [0.4, 0.5) is 18.9 Å². The molecule has 3 rings (SSSR count). The maximum absolute atomic E-state index is 13.0. The molecule has 1 saturated heterocycles. The molecule has 1 aliphatic heterocycles. The third kappa shape index (κ3) is 6.77. The number of anilines is 1. The Morgan fingerprint density at radius 1 is 1.09 bits per heavy atom. The van der Waals surface area contributed by atoms with Crippen LogP contribution in [0, 0.1) is 0 Å². The molecule has 0 radical (unpaired) electrons. The Labute approximate surface area is 206 Å². The van der Waals surface area contributed by atoms with Crippen molar-refractivity contribution in [2.45, 2.75) is 48.0 Å². The van der Waals surface area contributed by atoms with Gasteiger partial charge in [-0.05, 0) is 41.3 Å². The van der Waals surface area contributed by atoms with Gasteiger partial charge in [-0.25, -0.2) is 8.42 Å².